The predicted molar refractivity (Wildman–Crippen MR) is 159 cm³/mol. The van der Waals surface area contributed by atoms with Gasteiger partial charge in [-0.15, -0.1) is 0 Å². The molecule has 3 aromatic rings. The maximum Gasteiger partial charge on any atom is 0.264 e. The van der Waals surface area contributed by atoms with Gasteiger partial charge >= 0.3 is 0 Å². The van der Waals surface area contributed by atoms with E-state index in [0.717, 1.165) is 16.3 Å². The molecule has 3 aromatic carbocycles. The Balaban J connectivity index is 2.08. The molecule has 9 nitrogen and oxygen atoms in total. The number of nitrogens with one attached hydrogen (secondary N) is 1. The lowest BCUT2D eigenvalue weighted by Gasteiger charge is -2.34. The van der Waals surface area contributed by atoms with Crippen LogP contribution in [0.5, 0.6) is 11.5 Å². The maximum atomic E-state index is 14.2. The molecule has 41 heavy (non-hydrogen) atoms. The number of benzene rings is 3. The molecular weight excluding hydrogens is 542 g/mol. The average Bonchev–Trinajstić information content (AvgIpc) is 3.00. The number of hydrogen-bond donors (Lipinski definition) is 1. The van der Waals surface area contributed by atoms with Gasteiger partial charge in [0.1, 0.15) is 24.1 Å². The molecule has 0 spiro atoms. The summed E-state index contributed by atoms with van der Waals surface area (Å²) in [6.45, 7) is 5.25. The van der Waals surface area contributed by atoms with Crippen molar-refractivity contribution >= 4 is 27.5 Å². The van der Waals surface area contributed by atoms with E-state index in [1.54, 1.807) is 61.7 Å². The molecule has 0 bridgehead atoms. The molecule has 0 unspecified atom stereocenters. The van der Waals surface area contributed by atoms with Crippen LogP contribution >= 0.6 is 0 Å². The van der Waals surface area contributed by atoms with Gasteiger partial charge in [0.25, 0.3) is 10.0 Å². The molecule has 3 rings (SSSR count). The van der Waals surface area contributed by atoms with E-state index in [-0.39, 0.29) is 29.1 Å². The third kappa shape index (κ3) is 7.79. The smallest absolute Gasteiger partial charge is 0.264 e. The van der Waals surface area contributed by atoms with Gasteiger partial charge in [0.2, 0.25) is 11.8 Å². The first-order valence-corrected chi connectivity index (χ1v) is 15.0. The van der Waals surface area contributed by atoms with Gasteiger partial charge in [-0.3, -0.25) is 13.9 Å². The number of amides is 2. The summed E-state index contributed by atoms with van der Waals surface area (Å²) in [6.07, 6.45) is 1.07. The van der Waals surface area contributed by atoms with Crippen LogP contribution in [0.1, 0.15) is 39.2 Å². The van der Waals surface area contributed by atoms with Crippen molar-refractivity contribution in [2.75, 3.05) is 25.1 Å². The number of ether oxygens (including phenoxy) is 2. The molecule has 0 aliphatic heterocycles. The molecule has 0 saturated carbocycles. The fraction of sp³-hybridized carbons (Fsp3) is 0.355. The van der Waals surface area contributed by atoms with E-state index in [1.165, 1.54) is 24.1 Å². The van der Waals surface area contributed by atoms with Crippen LogP contribution in [0, 0.1) is 0 Å². The Hall–Kier alpha value is -4.05. The molecule has 220 valence electrons. The fourth-order valence-corrected chi connectivity index (χ4v) is 5.80. The van der Waals surface area contributed by atoms with Crippen molar-refractivity contribution in [1.82, 2.24) is 10.2 Å². The van der Waals surface area contributed by atoms with Gasteiger partial charge in [-0.05, 0) is 61.7 Å². The number of hydrogen-bond acceptors (Lipinski definition) is 6. The minimum atomic E-state index is -4.18. The number of anilines is 1. The van der Waals surface area contributed by atoms with E-state index in [2.05, 4.69) is 5.32 Å². The van der Waals surface area contributed by atoms with Gasteiger partial charge in [-0.1, -0.05) is 56.3 Å². The summed E-state index contributed by atoms with van der Waals surface area (Å²) in [4.78, 5) is 29.0. The highest BCUT2D eigenvalue weighted by atomic mass is 32.2. The largest absolute Gasteiger partial charge is 0.497 e. The highest BCUT2D eigenvalue weighted by molar-refractivity contribution is 7.92. The standard InChI is InChI=1S/C31H39N3O6S/c1-6-23(3)32-31(36)27(7-2)33(21-24-17-19-25(39-4)20-18-24)30(35)22-34(28-15-11-12-16-29(28)40-5)41(37,38)26-13-9-8-10-14-26/h8-20,23,27H,6-7,21-22H2,1-5H3,(H,32,36)/t23-,27-/m1/s1. The summed E-state index contributed by atoms with van der Waals surface area (Å²) < 4.78 is 39.7. The van der Waals surface area contributed by atoms with Gasteiger partial charge in [-0.25, -0.2) is 8.42 Å². The summed E-state index contributed by atoms with van der Waals surface area (Å²) in [6, 6.07) is 20.8. The van der Waals surface area contributed by atoms with Gasteiger partial charge < -0.3 is 19.7 Å². The number of methoxy groups -OCH3 is 2. The Bertz CT molecular complexity index is 1400. The number of nitrogens with zero attached hydrogens (tertiary/aromatic N) is 2. The van der Waals surface area contributed by atoms with Crippen molar-refractivity contribution in [3.8, 4) is 11.5 Å². The highest BCUT2D eigenvalue weighted by Gasteiger charge is 2.34. The molecule has 0 aromatic heterocycles. The SMILES string of the molecule is CC[C@@H](C)NC(=O)[C@@H](CC)N(Cc1ccc(OC)cc1)C(=O)CN(c1ccccc1OC)S(=O)(=O)c1ccccc1. The van der Waals surface area contributed by atoms with Crippen LogP contribution in [0.2, 0.25) is 0 Å². The fourth-order valence-electron chi connectivity index (χ4n) is 4.36. The van der Waals surface area contributed by atoms with Gasteiger partial charge in [0.15, 0.2) is 0 Å². The Morgan fingerprint density at radius 3 is 2.07 bits per heavy atom. The molecule has 1 N–H and O–H groups in total. The van der Waals surface area contributed by atoms with Crippen molar-refractivity contribution in [2.24, 2.45) is 0 Å². The topological polar surface area (TPSA) is 105 Å². The van der Waals surface area contributed by atoms with Crippen LogP contribution < -0.4 is 19.1 Å². The van der Waals surface area contributed by atoms with Crippen molar-refractivity contribution in [3.63, 3.8) is 0 Å². The van der Waals surface area contributed by atoms with E-state index < -0.39 is 28.5 Å². The van der Waals surface area contributed by atoms with Crippen molar-refractivity contribution in [1.29, 1.82) is 0 Å². The number of carbonyl (C=O) groups excluding carboxylic acids is 2. The van der Waals surface area contributed by atoms with Crippen LogP contribution in [-0.2, 0) is 26.2 Å². The van der Waals surface area contributed by atoms with E-state index in [4.69, 9.17) is 9.47 Å². The lowest BCUT2D eigenvalue weighted by molar-refractivity contribution is -0.140. The first-order chi connectivity index (χ1) is 19.7. The molecule has 0 saturated heterocycles. The summed E-state index contributed by atoms with van der Waals surface area (Å²) in [5, 5.41) is 2.97. The second kappa shape index (κ2) is 14.5. The van der Waals surface area contributed by atoms with Gasteiger partial charge in [-0.2, -0.15) is 0 Å². The molecule has 0 aliphatic rings. The average molecular weight is 582 g/mol. The molecule has 2 atom stereocenters. The quantitative estimate of drug-likeness (QED) is 0.298. The second-order valence-electron chi connectivity index (χ2n) is 9.61. The molecule has 10 heteroatoms. The van der Waals surface area contributed by atoms with Crippen LogP contribution in [0.15, 0.2) is 83.8 Å². The Morgan fingerprint density at radius 1 is 0.854 bits per heavy atom. The molecule has 2 amide bonds. The summed E-state index contributed by atoms with van der Waals surface area (Å²) in [7, 11) is -1.18. The molecule has 0 fully saturated rings. The number of carbonyl (C=O) groups is 2. The van der Waals surface area contributed by atoms with Crippen molar-refractivity contribution < 1.29 is 27.5 Å². The van der Waals surface area contributed by atoms with Gasteiger partial charge in [0.05, 0.1) is 24.8 Å². The second-order valence-corrected chi connectivity index (χ2v) is 11.5. The molecule has 0 heterocycles. The third-order valence-electron chi connectivity index (χ3n) is 6.86. The van der Waals surface area contributed by atoms with Crippen molar-refractivity contribution in [2.45, 2.75) is 57.1 Å². The monoisotopic (exact) mass is 581 g/mol. The minimum absolute atomic E-state index is 0.0296. The van der Waals surface area contributed by atoms with Crippen LogP contribution in [0.3, 0.4) is 0 Å². The third-order valence-corrected chi connectivity index (χ3v) is 8.64. The Labute approximate surface area is 243 Å². The number of para-hydroxylation sites is 2. The van der Waals surface area contributed by atoms with E-state index in [0.29, 0.717) is 17.9 Å². The Kier molecular flexibility index (Phi) is 11.2. The van der Waals surface area contributed by atoms with Gasteiger partial charge in [0, 0.05) is 12.6 Å². The summed E-state index contributed by atoms with van der Waals surface area (Å²) in [5.41, 5.74) is 0.984. The van der Waals surface area contributed by atoms with Crippen LogP contribution in [0.25, 0.3) is 0 Å². The van der Waals surface area contributed by atoms with Crippen LogP contribution in [0.4, 0.5) is 5.69 Å². The van der Waals surface area contributed by atoms with E-state index in [9.17, 15) is 18.0 Å². The zero-order valence-electron chi connectivity index (χ0n) is 24.2. The highest BCUT2D eigenvalue weighted by Crippen LogP contribution is 2.32. The molecule has 0 aliphatic carbocycles. The lowest BCUT2D eigenvalue weighted by Crippen LogP contribution is -2.53. The van der Waals surface area contributed by atoms with E-state index >= 15 is 0 Å². The number of sulfonamides is 1. The first kappa shape index (κ1) is 31.5. The lowest BCUT2D eigenvalue weighted by atomic mass is 10.1. The van der Waals surface area contributed by atoms with Crippen LogP contribution in [-0.4, -0.2) is 58.0 Å². The summed E-state index contributed by atoms with van der Waals surface area (Å²) in [5.74, 6) is 0.128. The molecule has 0 radical (unpaired) electrons. The number of rotatable bonds is 14. The zero-order chi connectivity index (χ0) is 30.0. The van der Waals surface area contributed by atoms with Crippen molar-refractivity contribution in [3.05, 3.63) is 84.4 Å². The summed E-state index contributed by atoms with van der Waals surface area (Å²) >= 11 is 0. The van der Waals surface area contributed by atoms with E-state index in [1.807, 2.05) is 32.9 Å². The zero-order valence-corrected chi connectivity index (χ0v) is 25.1. The maximum absolute atomic E-state index is 14.2. The Morgan fingerprint density at radius 2 is 1.49 bits per heavy atom. The predicted octanol–water partition coefficient (Wildman–Crippen LogP) is 4.62. The molecular formula is C31H39N3O6S. The normalized spacial score (nSPS) is 12.6. The first-order valence-electron chi connectivity index (χ1n) is 13.6. The minimum Gasteiger partial charge on any atom is -0.497 e.